The Labute approximate surface area is 292 Å². The number of nitrogens with zero attached hydrogens (tertiary/aromatic N) is 5. The molecule has 0 amide bonds. The Morgan fingerprint density at radius 3 is 1.52 bits per heavy atom. The Morgan fingerprint density at radius 1 is 0.587 bits per heavy atom. The van der Waals surface area contributed by atoms with Crippen LogP contribution in [0, 0.1) is 0 Å². The van der Waals surface area contributed by atoms with Crippen molar-refractivity contribution in [2.45, 2.75) is 0 Å². The topological polar surface area (TPSA) is 86.4 Å². The minimum atomic E-state index is -2.18. The molecule has 5 rings (SSSR count). The molecule has 1 aromatic heterocycles. The number of aromatic nitrogens is 1. The Kier molecular flexibility index (Phi) is 13.1. The van der Waals surface area contributed by atoms with Gasteiger partial charge in [-0.2, -0.15) is 10.2 Å². The van der Waals surface area contributed by atoms with E-state index in [9.17, 15) is 0 Å². The van der Waals surface area contributed by atoms with E-state index in [1.54, 1.807) is 13.2 Å². The van der Waals surface area contributed by atoms with E-state index in [-0.39, 0.29) is 27.4 Å². The predicted molar refractivity (Wildman–Crippen MR) is 196 cm³/mol. The van der Waals surface area contributed by atoms with E-state index in [4.69, 9.17) is 25.3 Å². The number of amidine groups is 2. The summed E-state index contributed by atoms with van der Waals surface area (Å²) >= 11 is 11.0. The largest absolute Gasteiger partial charge is 2.00 e. The van der Waals surface area contributed by atoms with Crippen molar-refractivity contribution in [1.82, 2.24) is 15.6 Å². The van der Waals surface area contributed by atoms with Gasteiger partial charge >= 0.3 is 17.1 Å². The normalized spacial score (nSPS) is 12.6. The fourth-order valence-electron chi connectivity index (χ4n) is 4.79. The monoisotopic (exact) mass is 707 g/mol. The second kappa shape index (κ2) is 17.4. The standard InChI is InChI=1S/C35H32N7PS2.Cu/c1-36-34(44)41-40-33(31-24-14-15-25-37-31)32(27-16-6-2-7-17-27)39-42-35(45)38-26-43(28-18-8-3-9-19-28,29-20-10-4-11-21-29)30-22-12-5-13-23-30;/h2-25H,26H2,1H3,(H3-,36,37,38,39,40,41,42,44,45);/q;+2/p-1. The molecule has 1 heterocycles. The van der Waals surface area contributed by atoms with E-state index in [1.807, 2.05) is 66.7 Å². The molecule has 7 nitrogen and oxygen atoms in total. The molecule has 0 bridgehead atoms. The summed E-state index contributed by atoms with van der Waals surface area (Å²) in [5.74, 6) is 0. The smallest absolute Gasteiger partial charge is 0.741 e. The van der Waals surface area contributed by atoms with Crippen molar-refractivity contribution in [3.63, 3.8) is 0 Å². The van der Waals surface area contributed by atoms with Crippen LogP contribution in [-0.2, 0) is 42.3 Å². The van der Waals surface area contributed by atoms with Crippen molar-refractivity contribution < 1.29 is 17.1 Å². The van der Waals surface area contributed by atoms with Crippen LogP contribution in [0.4, 0.5) is 0 Å². The van der Waals surface area contributed by atoms with Gasteiger partial charge in [0.05, 0.1) is 5.69 Å². The van der Waals surface area contributed by atoms with Crippen LogP contribution in [0.1, 0.15) is 11.3 Å². The van der Waals surface area contributed by atoms with Crippen molar-refractivity contribution in [3.05, 3.63) is 157 Å². The van der Waals surface area contributed by atoms with Crippen LogP contribution >= 0.6 is 7.26 Å². The summed E-state index contributed by atoms with van der Waals surface area (Å²) < 4.78 is 0. The molecule has 5 aromatic rings. The van der Waals surface area contributed by atoms with E-state index in [2.05, 4.69) is 109 Å². The zero-order valence-electron chi connectivity index (χ0n) is 24.9. The molecule has 0 saturated carbocycles. The first kappa shape index (κ1) is 34.6. The van der Waals surface area contributed by atoms with Crippen molar-refractivity contribution in [1.29, 1.82) is 0 Å². The third-order valence-electron chi connectivity index (χ3n) is 6.93. The van der Waals surface area contributed by atoms with Gasteiger partial charge in [0.15, 0.2) is 0 Å². The molecule has 233 valence electrons. The average molecular weight is 708 g/mol. The van der Waals surface area contributed by atoms with Crippen LogP contribution in [0.25, 0.3) is 0 Å². The fourth-order valence-corrected chi connectivity index (χ4v) is 8.92. The van der Waals surface area contributed by atoms with Gasteiger partial charge in [-0.3, -0.25) is 4.98 Å². The van der Waals surface area contributed by atoms with Crippen LogP contribution in [0.3, 0.4) is 0 Å². The van der Waals surface area contributed by atoms with Gasteiger partial charge in [-0.15, -0.1) is 10.2 Å². The summed E-state index contributed by atoms with van der Waals surface area (Å²) in [7, 11) is -0.491. The quantitative estimate of drug-likeness (QED) is 0.0547. The number of pyridine rings is 1. The maximum Gasteiger partial charge on any atom is 2.00 e. The molecular weight excluding hydrogens is 677 g/mol. The average Bonchev–Trinajstić information content (AvgIpc) is 3.12. The molecule has 0 aliphatic heterocycles. The fraction of sp³-hybridized carbons (Fsp3) is 0.0571. The molecular formula is C35H31CuN7PS2+. The van der Waals surface area contributed by atoms with Crippen molar-refractivity contribution in [2.24, 2.45) is 20.4 Å². The summed E-state index contributed by atoms with van der Waals surface area (Å²) in [4.78, 5) is 4.50. The van der Waals surface area contributed by atoms with Gasteiger partial charge in [0.1, 0.15) is 40.9 Å². The van der Waals surface area contributed by atoms with Crippen LogP contribution in [0.15, 0.2) is 166 Å². The number of rotatable bonds is 10. The molecule has 0 fully saturated rings. The summed E-state index contributed by atoms with van der Waals surface area (Å²) in [5, 5.41) is 28.2. The van der Waals surface area contributed by atoms with Gasteiger partial charge < -0.3 is 35.9 Å². The third-order valence-corrected chi connectivity index (χ3v) is 11.6. The molecule has 1 radical (unpaired) electrons. The number of hydrogen-bond donors (Lipinski definition) is 2. The maximum absolute atomic E-state index is 5.79. The summed E-state index contributed by atoms with van der Waals surface area (Å²) in [6, 6.07) is 46.9. The molecule has 0 spiro atoms. The van der Waals surface area contributed by atoms with Crippen LogP contribution in [0.5, 0.6) is 0 Å². The van der Waals surface area contributed by atoms with Gasteiger partial charge in [-0.25, -0.2) is 0 Å². The predicted octanol–water partition coefficient (Wildman–Crippen LogP) is 4.75. The minimum absolute atomic E-state index is 0. The Morgan fingerprint density at radius 2 is 1.04 bits per heavy atom. The molecule has 0 unspecified atom stereocenters. The molecule has 0 saturated heterocycles. The van der Waals surface area contributed by atoms with Crippen LogP contribution in [-0.4, -0.2) is 40.1 Å². The van der Waals surface area contributed by atoms with E-state index in [0.717, 1.165) is 5.56 Å². The molecule has 4 aromatic carbocycles. The molecule has 46 heavy (non-hydrogen) atoms. The Balaban J connectivity index is 0.00000480. The number of nitrogens with one attached hydrogen (secondary N) is 2. The first-order valence-electron chi connectivity index (χ1n) is 14.2. The minimum Gasteiger partial charge on any atom is -0.741 e. The van der Waals surface area contributed by atoms with E-state index in [1.165, 1.54) is 15.9 Å². The number of benzene rings is 4. The van der Waals surface area contributed by atoms with Crippen LogP contribution in [0.2, 0.25) is 0 Å². The maximum atomic E-state index is 5.79. The second-order valence-electron chi connectivity index (χ2n) is 9.69. The zero-order valence-corrected chi connectivity index (χ0v) is 28.3. The third kappa shape index (κ3) is 8.49. The van der Waals surface area contributed by atoms with Crippen LogP contribution < -0.4 is 26.5 Å². The van der Waals surface area contributed by atoms with Gasteiger partial charge in [0.2, 0.25) is 0 Å². The molecule has 0 aliphatic carbocycles. The van der Waals surface area contributed by atoms with Crippen molar-refractivity contribution in [2.75, 3.05) is 13.3 Å². The first-order chi connectivity index (χ1) is 22.1. The molecule has 11 heteroatoms. The van der Waals surface area contributed by atoms with E-state index in [0.29, 0.717) is 23.4 Å². The summed E-state index contributed by atoms with van der Waals surface area (Å²) in [5.41, 5.74) is 2.21. The zero-order chi connectivity index (χ0) is 31.3. The number of hydrogen-bond acceptors (Lipinski definition) is 7. The molecule has 2 N–H and O–H groups in total. The second-order valence-corrected chi connectivity index (χ2v) is 13.9. The summed E-state index contributed by atoms with van der Waals surface area (Å²) in [6.45, 7) is 0. The van der Waals surface area contributed by atoms with Gasteiger partial charge in [-0.1, -0.05) is 91.0 Å². The summed E-state index contributed by atoms with van der Waals surface area (Å²) in [6.07, 6.45) is 2.24. The van der Waals surface area contributed by atoms with Gasteiger partial charge in [-0.05, 0) is 53.7 Å². The van der Waals surface area contributed by atoms with Crippen molar-refractivity contribution >= 4 is 70.2 Å². The van der Waals surface area contributed by atoms with E-state index >= 15 is 0 Å². The SMILES string of the molecule is CN/C([S-])=N/N=C(/C(=N/N=C(\[S-])NC[P+](c1ccccc1)(c1ccccc1)c1ccccc1)c1ccccc1)c1ccccn1.[Cu+2]. The first-order valence-corrected chi connectivity index (χ1v) is 17.0. The van der Waals surface area contributed by atoms with Crippen molar-refractivity contribution in [3.8, 4) is 0 Å². The molecule has 0 atom stereocenters. The Hall–Kier alpha value is -4.30. The molecule has 0 aliphatic rings. The van der Waals surface area contributed by atoms with Gasteiger partial charge in [0.25, 0.3) is 0 Å². The van der Waals surface area contributed by atoms with Gasteiger partial charge in [0, 0.05) is 24.0 Å². The Bertz CT molecular complexity index is 1690. The van der Waals surface area contributed by atoms with E-state index < -0.39 is 7.26 Å².